The van der Waals surface area contributed by atoms with Crippen LogP contribution in [0, 0.1) is 6.92 Å². The number of rotatable bonds is 3. The van der Waals surface area contributed by atoms with Crippen molar-refractivity contribution in [3.63, 3.8) is 0 Å². The van der Waals surface area contributed by atoms with Crippen LogP contribution in [-0.4, -0.2) is 0 Å². The van der Waals surface area contributed by atoms with Gasteiger partial charge >= 0.3 is 0 Å². The summed E-state index contributed by atoms with van der Waals surface area (Å²) < 4.78 is 0. The highest BCUT2D eigenvalue weighted by Gasteiger charge is 2.36. The van der Waals surface area contributed by atoms with E-state index in [0.29, 0.717) is 0 Å². The molecule has 236 valence electrons. The molecule has 0 amide bonds. The molecule has 0 saturated carbocycles. The van der Waals surface area contributed by atoms with Crippen molar-refractivity contribution in [2.45, 2.75) is 26.2 Å². The predicted molar refractivity (Wildman–Crippen MR) is 215 cm³/mol. The standard InChI is InChI=1S/C50H36/c1-31-25-27-34-35-28-26-33(30-45(35)50(2,3)44(34)29-31)47-38-19-9-13-23-42(38)49(43-24-14-10-20-39(43)47)48-40-21-11-7-17-36(40)46(32-15-5-4-6-16-32)37-18-8-12-22-41(37)48/h4-30H,1-3H3. The zero-order valence-electron chi connectivity index (χ0n) is 28.6. The van der Waals surface area contributed by atoms with Crippen molar-refractivity contribution < 1.29 is 0 Å². The molecule has 0 aromatic heterocycles. The fourth-order valence-electron chi connectivity index (χ4n) is 9.03. The number of aryl methyl sites for hydroxylation is 1. The highest BCUT2D eigenvalue weighted by Crippen LogP contribution is 2.53. The van der Waals surface area contributed by atoms with Crippen molar-refractivity contribution in [1.29, 1.82) is 0 Å². The lowest BCUT2D eigenvalue weighted by Gasteiger charge is -2.24. The lowest BCUT2D eigenvalue weighted by Crippen LogP contribution is -2.15. The van der Waals surface area contributed by atoms with E-state index in [1.807, 2.05) is 0 Å². The Bertz CT molecular complexity index is 2720. The molecule has 9 aromatic rings. The van der Waals surface area contributed by atoms with E-state index in [9.17, 15) is 0 Å². The number of hydrogen-bond acceptors (Lipinski definition) is 0. The summed E-state index contributed by atoms with van der Waals surface area (Å²) in [4.78, 5) is 0. The smallest absolute Gasteiger partial charge is 0.0159 e. The van der Waals surface area contributed by atoms with Crippen LogP contribution in [0.1, 0.15) is 30.5 Å². The molecule has 50 heavy (non-hydrogen) atoms. The zero-order chi connectivity index (χ0) is 33.6. The quantitative estimate of drug-likeness (QED) is 0.169. The van der Waals surface area contributed by atoms with Crippen molar-refractivity contribution in [2.75, 3.05) is 0 Å². The zero-order valence-corrected chi connectivity index (χ0v) is 28.6. The van der Waals surface area contributed by atoms with Crippen molar-refractivity contribution in [3.8, 4) is 44.5 Å². The first-order valence-electron chi connectivity index (χ1n) is 17.7. The van der Waals surface area contributed by atoms with E-state index in [1.54, 1.807) is 0 Å². The molecule has 0 nitrogen and oxygen atoms in total. The van der Waals surface area contributed by atoms with Crippen LogP contribution in [0.2, 0.25) is 0 Å². The van der Waals surface area contributed by atoms with Gasteiger partial charge in [-0.05, 0) is 112 Å². The molecule has 0 aliphatic heterocycles. The Morgan fingerprint density at radius 3 is 1.14 bits per heavy atom. The van der Waals surface area contributed by atoms with Crippen molar-refractivity contribution in [2.24, 2.45) is 0 Å². The lowest BCUT2D eigenvalue weighted by atomic mass is 9.79. The van der Waals surface area contributed by atoms with Gasteiger partial charge in [0, 0.05) is 5.41 Å². The molecule has 0 spiro atoms. The summed E-state index contributed by atoms with van der Waals surface area (Å²) in [5.41, 5.74) is 14.5. The van der Waals surface area contributed by atoms with Crippen LogP contribution >= 0.6 is 0 Å². The van der Waals surface area contributed by atoms with E-state index in [2.05, 4.69) is 185 Å². The summed E-state index contributed by atoms with van der Waals surface area (Å²) in [6.07, 6.45) is 0. The molecule has 9 aromatic carbocycles. The number of hydrogen-bond donors (Lipinski definition) is 0. The van der Waals surface area contributed by atoms with E-state index in [0.717, 1.165) is 0 Å². The average molecular weight is 637 g/mol. The second kappa shape index (κ2) is 10.8. The van der Waals surface area contributed by atoms with Gasteiger partial charge in [0.25, 0.3) is 0 Å². The lowest BCUT2D eigenvalue weighted by molar-refractivity contribution is 0.660. The van der Waals surface area contributed by atoms with Gasteiger partial charge in [-0.1, -0.05) is 177 Å². The minimum Gasteiger partial charge on any atom is -0.0622 e. The molecule has 0 fully saturated rings. The van der Waals surface area contributed by atoms with Gasteiger partial charge in [-0.25, -0.2) is 0 Å². The molecule has 1 aliphatic carbocycles. The molecule has 0 atom stereocenters. The Balaban J connectivity index is 1.32. The second-order valence-electron chi connectivity index (χ2n) is 14.5. The van der Waals surface area contributed by atoms with Crippen LogP contribution in [-0.2, 0) is 5.41 Å². The van der Waals surface area contributed by atoms with Crippen molar-refractivity contribution in [3.05, 3.63) is 180 Å². The Morgan fingerprint density at radius 2 is 0.680 bits per heavy atom. The van der Waals surface area contributed by atoms with Gasteiger partial charge in [0.1, 0.15) is 0 Å². The molecular weight excluding hydrogens is 601 g/mol. The van der Waals surface area contributed by atoms with Gasteiger partial charge in [-0.15, -0.1) is 0 Å². The van der Waals surface area contributed by atoms with Crippen LogP contribution in [0.5, 0.6) is 0 Å². The van der Waals surface area contributed by atoms with Gasteiger partial charge in [-0.2, -0.15) is 0 Å². The molecule has 0 radical (unpaired) electrons. The average Bonchev–Trinajstić information content (AvgIpc) is 3.38. The van der Waals surface area contributed by atoms with Gasteiger partial charge in [0.15, 0.2) is 0 Å². The van der Waals surface area contributed by atoms with E-state index in [-0.39, 0.29) is 5.41 Å². The van der Waals surface area contributed by atoms with E-state index >= 15 is 0 Å². The van der Waals surface area contributed by atoms with Gasteiger partial charge < -0.3 is 0 Å². The Labute approximate surface area is 293 Å². The molecule has 0 unspecified atom stereocenters. The van der Waals surface area contributed by atoms with Gasteiger partial charge in [-0.3, -0.25) is 0 Å². The van der Waals surface area contributed by atoms with Crippen LogP contribution in [0.15, 0.2) is 164 Å². The predicted octanol–water partition coefficient (Wildman–Crippen LogP) is 13.9. The van der Waals surface area contributed by atoms with Crippen molar-refractivity contribution >= 4 is 43.1 Å². The molecular formula is C50H36. The Kier molecular flexibility index (Phi) is 6.24. The normalized spacial score (nSPS) is 13.3. The summed E-state index contributed by atoms with van der Waals surface area (Å²) in [7, 11) is 0. The fraction of sp³-hybridized carbons (Fsp3) is 0.0800. The van der Waals surface area contributed by atoms with Crippen LogP contribution < -0.4 is 0 Å². The molecule has 0 heterocycles. The summed E-state index contributed by atoms with van der Waals surface area (Å²) in [5, 5.41) is 10.2. The van der Waals surface area contributed by atoms with E-state index in [4.69, 9.17) is 0 Å². The first-order valence-corrected chi connectivity index (χ1v) is 17.7. The molecule has 10 rings (SSSR count). The SMILES string of the molecule is Cc1ccc2c(c1)C(C)(C)c1cc(-c3c4ccccc4c(-c4c5ccccc5c(-c5ccccc5)c5ccccc45)c4ccccc34)ccc1-2. The van der Waals surface area contributed by atoms with Gasteiger partial charge in [0.05, 0.1) is 0 Å². The maximum atomic E-state index is 2.48. The minimum atomic E-state index is -0.0728. The first-order chi connectivity index (χ1) is 24.5. The number of fused-ring (bicyclic) bond motifs is 7. The third-order valence-corrected chi connectivity index (χ3v) is 11.3. The molecule has 0 saturated heterocycles. The second-order valence-corrected chi connectivity index (χ2v) is 14.5. The van der Waals surface area contributed by atoms with Crippen LogP contribution in [0.3, 0.4) is 0 Å². The largest absolute Gasteiger partial charge is 0.0622 e. The minimum absolute atomic E-state index is 0.0728. The molecule has 0 bridgehead atoms. The first kappa shape index (κ1) is 29.0. The maximum Gasteiger partial charge on any atom is 0.0159 e. The third-order valence-electron chi connectivity index (χ3n) is 11.3. The maximum absolute atomic E-state index is 2.48. The van der Waals surface area contributed by atoms with E-state index < -0.39 is 0 Å². The molecule has 0 N–H and O–H groups in total. The summed E-state index contributed by atoms with van der Waals surface area (Å²) in [6, 6.07) is 61.2. The van der Waals surface area contributed by atoms with Crippen LogP contribution in [0.4, 0.5) is 0 Å². The van der Waals surface area contributed by atoms with Crippen LogP contribution in [0.25, 0.3) is 87.6 Å². The summed E-state index contributed by atoms with van der Waals surface area (Å²) in [5.74, 6) is 0. The highest BCUT2D eigenvalue weighted by molar-refractivity contribution is 6.30. The van der Waals surface area contributed by atoms with Gasteiger partial charge in [0.2, 0.25) is 0 Å². The topological polar surface area (TPSA) is 0 Å². The molecule has 0 heteroatoms. The summed E-state index contributed by atoms with van der Waals surface area (Å²) in [6.45, 7) is 6.97. The third kappa shape index (κ3) is 4.06. The molecule has 1 aliphatic rings. The monoisotopic (exact) mass is 636 g/mol. The Hall–Kier alpha value is -5.98. The highest BCUT2D eigenvalue weighted by atomic mass is 14.4. The fourth-order valence-corrected chi connectivity index (χ4v) is 9.03. The Morgan fingerprint density at radius 1 is 0.320 bits per heavy atom. The summed E-state index contributed by atoms with van der Waals surface area (Å²) >= 11 is 0. The van der Waals surface area contributed by atoms with Crippen molar-refractivity contribution in [1.82, 2.24) is 0 Å². The van der Waals surface area contributed by atoms with E-state index in [1.165, 1.54) is 104 Å². The number of benzene rings is 9.